The van der Waals surface area contributed by atoms with Gasteiger partial charge in [0.05, 0.1) is 0 Å². The fraction of sp³-hybridized carbons (Fsp3) is 0.333. The zero-order valence-corrected chi connectivity index (χ0v) is 14.3. The van der Waals surface area contributed by atoms with Crippen LogP contribution in [-0.2, 0) is 0 Å². The van der Waals surface area contributed by atoms with E-state index in [2.05, 4.69) is 12.1 Å². The van der Waals surface area contributed by atoms with Gasteiger partial charge >= 0.3 is 0 Å². The molecule has 0 atom stereocenters. The monoisotopic (exact) mass is 342 g/mol. The summed E-state index contributed by atoms with van der Waals surface area (Å²) in [5.41, 5.74) is 0.998. The predicted octanol–water partition coefficient (Wildman–Crippen LogP) is 7.63. The molecule has 0 amide bonds. The van der Waals surface area contributed by atoms with Gasteiger partial charge in [-0.25, -0.2) is 0 Å². The molecule has 0 unspecified atom stereocenters. The maximum Gasteiger partial charge on any atom is 0.274 e. The zero-order valence-electron chi connectivity index (χ0n) is 13.5. The standard InChI is InChI=1S/C21H20F2S/c22-21(23)18(13-14-7-2-1-3-8-14)17-11-6-10-16-15-9-4-5-12-19(15)24-20(16)17/h4-6,9-12,14H,1-3,7-8,13H2. The molecular formula is C21H20F2S. The lowest BCUT2D eigenvalue weighted by atomic mass is 9.83. The van der Waals surface area contributed by atoms with E-state index in [9.17, 15) is 8.78 Å². The number of allylic oxidation sites excluding steroid dienone is 1. The van der Waals surface area contributed by atoms with Gasteiger partial charge in [0.1, 0.15) is 0 Å². The Kier molecular flexibility index (Phi) is 4.36. The summed E-state index contributed by atoms with van der Waals surface area (Å²) < 4.78 is 29.8. The number of hydrogen-bond acceptors (Lipinski definition) is 1. The minimum Gasteiger partial charge on any atom is -0.173 e. The number of rotatable bonds is 3. The van der Waals surface area contributed by atoms with Crippen LogP contribution in [-0.4, -0.2) is 0 Å². The molecule has 1 saturated carbocycles. The molecule has 0 spiro atoms. The van der Waals surface area contributed by atoms with E-state index in [1.165, 1.54) is 19.3 Å². The molecule has 0 aliphatic heterocycles. The second-order valence-electron chi connectivity index (χ2n) is 6.73. The average Bonchev–Trinajstić information content (AvgIpc) is 2.99. The van der Waals surface area contributed by atoms with E-state index >= 15 is 0 Å². The molecule has 2 aromatic carbocycles. The second-order valence-corrected chi connectivity index (χ2v) is 7.78. The first-order valence-corrected chi connectivity index (χ1v) is 9.50. The topological polar surface area (TPSA) is 0 Å². The first-order chi connectivity index (χ1) is 11.7. The van der Waals surface area contributed by atoms with Crippen LogP contribution < -0.4 is 0 Å². The maximum absolute atomic E-state index is 13.8. The van der Waals surface area contributed by atoms with E-state index in [1.807, 2.05) is 30.3 Å². The molecule has 1 aromatic heterocycles. The first kappa shape index (κ1) is 15.8. The Morgan fingerprint density at radius 1 is 0.917 bits per heavy atom. The third kappa shape index (κ3) is 2.86. The number of hydrogen-bond donors (Lipinski definition) is 0. The summed E-state index contributed by atoms with van der Waals surface area (Å²) in [6, 6.07) is 14.0. The highest BCUT2D eigenvalue weighted by molar-refractivity contribution is 7.26. The van der Waals surface area contributed by atoms with Crippen molar-refractivity contribution in [2.45, 2.75) is 38.5 Å². The molecule has 1 aliphatic rings. The minimum absolute atomic E-state index is 0.263. The summed E-state index contributed by atoms with van der Waals surface area (Å²) in [7, 11) is 0. The predicted molar refractivity (Wildman–Crippen MR) is 99.7 cm³/mol. The lowest BCUT2D eigenvalue weighted by molar-refractivity contribution is 0.357. The second kappa shape index (κ2) is 6.64. The van der Waals surface area contributed by atoms with Crippen molar-refractivity contribution >= 4 is 37.1 Å². The van der Waals surface area contributed by atoms with Gasteiger partial charge in [0.25, 0.3) is 6.08 Å². The minimum atomic E-state index is -1.51. The van der Waals surface area contributed by atoms with Gasteiger partial charge in [0, 0.05) is 31.3 Å². The molecule has 4 rings (SSSR count). The molecule has 0 radical (unpaired) electrons. The Labute approximate surface area is 144 Å². The Hall–Kier alpha value is -1.74. The van der Waals surface area contributed by atoms with E-state index in [0.717, 1.165) is 38.6 Å². The molecule has 0 nitrogen and oxygen atoms in total. The Morgan fingerprint density at radius 3 is 2.46 bits per heavy atom. The van der Waals surface area contributed by atoms with E-state index in [-0.39, 0.29) is 5.57 Å². The molecule has 124 valence electrons. The van der Waals surface area contributed by atoms with Crippen LogP contribution in [0, 0.1) is 5.92 Å². The van der Waals surface area contributed by atoms with Crippen molar-refractivity contribution in [3.05, 3.63) is 54.1 Å². The van der Waals surface area contributed by atoms with Crippen LogP contribution in [0.2, 0.25) is 0 Å². The SMILES string of the molecule is FC(F)=C(CC1CCCCC1)c1cccc2c1sc1ccccc12. The highest BCUT2D eigenvalue weighted by Gasteiger charge is 2.21. The lowest BCUT2D eigenvalue weighted by Gasteiger charge is -2.22. The highest BCUT2D eigenvalue weighted by atomic mass is 32.1. The summed E-state index contributed by atoms with van der Waals surface area (Å²) in [6.07, 6.45) is 4.77. The molecule has 24 heavy (non-hydrogen) atoms. The van der Waals surface area contributed by atoms with Crippen LogP contribution in [0.4, 0.5) is 8.78 Å². The summed E-state index contributed by atoms with van der Waals surface area (Å²) >= 11 is 1.63. The normalized spacial score (nSPS) is 15.9. The zero-order chi connectivity index (χ0) is 16.5. The lowest BCUT2D eigenvalue weighted by Crippen LogP contribution is -2.07. The molecule has 1 fully saturated rings. The van der Waals surface area contributed by atoms with Crippen LogP contribution in [0.3, 0.4) is 0 Å². The molecule has 1 aliphatic carbocycles. The van der Waals surface area contributed by atoms with Gasteiger partial charge in [0.2, 0.25) is 0 Å². The Morgan fingerprint density at radius 2 is 1.67 bits per heavy atom. The third-order valence-electron chi connectivity index (χ3n) is 5.18. The summed E-state index contributed by atoms with van der Waals surface area (Å²) in [5.74, 6) is 0.403. The molecule has 3 heteroatoms. The van der Waals surface area contributed by atoms with Crippen LogP contribution in [0.5, 0.6) is 0 Å². The smallest absolute Gasteiger partial charge is 0.173 e. The van der Waals surface area contributed by atoms with Crippen molar-refractivity contribution in [1.82, 2.24) is 0 Å². The van der Waals surface area contributed by atoms with Gasteiger partial charge in [-0.05, 0) is 18.4 Å². The van der Waals surface area contributed by atoms with Crippen molar-refractivity contribution in [2.75, 3.05) is 0 Å². The van der Waals surface area contributed by atoms with E-state index < -0.39 is 6.08 Å². The van der Waals surface area contributed by atoms with Crippen LogP contribution in [0.1, 0.15) is 44.1 Å². The molecule has 0 saturated heterocycles. The van der Waals surface area contributed by atoms with Gasteiger partial charge in [0.15, 0.2) is 0 Å². The molecule has 0 bridgehead atoms. The highest BCUT2D eigenvalue weighted by Crippen LogP contribution is 2.42. The number of benzene rings is 2. The van der Waals surface area contributed by atoms with Crippen molar-refractivity contribution in [3.63, 3.8) is 0 Å². The molecule has 1 heterocycles. The summed E-state index contributed by atoms with van der Waals surface area (Å²) in [6.45, 7) is 0. The van der Waals surface area contributed by atoms with Gasteiger partial charge in [-0.15, -0.1) is 11.3 Å². The largest absolute Gasteiger partial charge is 0.274 e. The van der Waals surface area contributed by atoms with Gasteiger partial charge < -0.3 is 0 Å². The van der Waals surface area contributed by atoms with Crippen LogP contribution in [0.25, 0.3) is 25.7 Å². The van der Waals surface area contributed by atoms with E-state index in [1.54, 1.807) is 11.3 Å². The van der Waals surface area contributed by atoms with E-state index in [0.29, 0.717) is 12.3 Å². The van der Waals surface area contributed by atoms with Crippen molar-refractivity contribution < 1.29 is 8.78 Å². The third-order valence-corrected chi connectivity index (χ3v) is 6.39. The fourth-order valence-corrected chi connectivity index (χ4v) is 5.20. The molecule has 3 aromatic rings. The Bertz CT molecular complexity index is 896. The Balaban J connectivity index is 1.82. The van der Waals surface area contributed by atoms with Crippen LogP contribution >= 0.6 is 11.3 Å². The fourth-order valence-electron chi connectivity index (χ4n) is 3.95. The average molecular weight is 342 g/mol. The molecule has 0 N–H and O–H groups in total. The quantitative estimate of drug-likeness (QED) is 0.459. The summed E-state index contributed by atoms with van der Waals surface area (Å²) in [5, 5.41) is 2.26. The van der Waals surface area contributed by atoms with Gasteiger partial charge in [-0.3, -0.25) is 0 Å². The molecular weight excluding hydrogens is 322 g/mol. The summed E-state index contributed by atoms with van der Waals surface area (Å²) in [4.78, 5) is 0. The number of thiophene rings is 1. The van der Waals surface area contributed by atoms with Crippen molar-refractivity contribution in [3.8, 4) is 0 Å². The van der Waals surface area contributed by atoms with Crippen molar-refractivity contribution in [1.29, 1.82) is 0 Å². The van der Waals surface area contributed by atoms with Crippen LogP contribution in [0.15, 0.2) is 48.5 Å². The first-order valence-electron chi connectivity index (χ1n) is 8.69. The maximum atomic E-state index is 13.8. The van der Waals surface area contributed by atoms with Gasteiger partial charge in [-0.2, -0.15) is 8.78 Å². The van der Waals surface area contributed by atoms with Gasteiger partial charge in [-0.1, -0.05) is 68.5 Å². The number of fused-ring (bicyclic) bond motifs is 3. The number of halogens is 2. The van der Waals surface area contributed by atoms with Crippen molar-refractivity contribution in [2.24, 2.45) is 5.92 Å². The van der Waals surface area contributed by atoms with E-state index in [4.69, 9.17) is 0 Å².